The summed E-state index contributed by atoms with van der Waals surface area (Å²) in [7, 11) is -14.9. The molecule has 0 saturated carbocycles. The van der Waals surface area contributed by atoms with Crippen LogP contribution in [0.3, 0.4) is 0 Å². The molecule has 1 heterocycles. The van der Waals surface area contributed by atoms with Gasteiger partial charge in [-0.15, -0.1) is 10.2 Å². The molecule has 21 heteroatoms. The van der Waals surface area contributed by atoms with Crippen LogP contribution >= 0.6 is 23.2 Å². The van der Waals surface area contributed by atoms with Crippen LogP contribution in [0.1, 0.15) is 0 Å². The Balaban J connectivity index is 2.06. The van der Waals surface area contributed by atoms with E-state index < -0.39 is 62.2 Å². The van der Waals surface area contributed by atoms with Crippen molar-refractivity contribution in [3.8, 4) is 5.75 Å². The lowest BCUT2D eigenvalue weighted by Crippen LogP contribution is -2.05. The second-order valence-electron chi connectivity index (χ2n) is 7.56. The highest BCUT2D eigenvalue weighted by Gasteiger charge is 2.26. The van der Waals surface area contributed by atoms with Crippen molar-refractivity contribution in [2.24, 2.45) is 10.2 Å². The summed E-state index contributed by atoms with van der Waals surface area (Å²) in [6, 6.07) is 6.91. The second-order valence-corrected chi connectivity index (χ2v) is 12.4. The Morgan fingerprint density at radius 2 is 1.35 bits per heavy atom. The number of phenols is 1. The first kappa shape index (κ1) is 29.4. The second kappa shape index (κ2) is 10.4. The number of phenolic OH excluding ortho intramolecular Hbond substituents is 1. The molecule has 0 unspecified atom stereocenters. The first-order chi connectivity index (χ1) is 18.4. The minimum Gasteiger partial charge on any atom is -0.505 e. The maximum Gasteiger partial charge on any atom is 0.296 e. The Morgan fingerprint density at radius 3 is 1.93 bits per heavy atom. The largest absolute Gasteiger partial charge is 0.505 e. The number of anilines is 2. The monoisotopic (exact) mass is 650 g/mol. The molecule has 0 bridgehead atoms. The van der Waals surface area contributed by atoms with E-state index >= 15 is 0 Å². The highest BCUT2D eigenvalue weighted by Crippen LogP contribution is 2.45. The zero-order valence-corrected chi connectivity index (χ0v) is 23.0. The molecule has 16 nitrogen and oxygen atoms in total. The summed E-state index contributed by atoms with van der Waals surface area (Å²) in [6.07, 6.45) is 0. The molecule has 0 atom stereocenters. The van der Waals surface area contributed by atoms with Gasteiger partial charge in [0.25, 0.3) is 30.4 Å². The maximum atomic E-state index is 12.2. The van der Waals surface area contributed by atoms with E-state index in [1.807, 2.05) is 0 Å². The lowest BCUT2D eigenvalue weighted by molar-refractivity contribution is 0.472. The normalized spacial score (nSPS) is 12.7. The number of benzene rings is 3. The third-order valence-corrected chi connectivity index (χ3v) is 7.86. The van der Waals surface area contributed by atoms with Gasteiger partial charge in [-0.3, -0.25) is 13.7 Å². The van der Waals surface area contributed by atoms with Crippen molar-refractivity contribution in [1.82, 2.24) is 15.0 Å². The van der Waals surface area contributed by atoms with Gasteiger partial charge in [-0.25, -0.2) is 0 Å². The van der Waals surface area contributed by atoms with E-state index in [4.69, 9.17) is 23.2 Å². The van der Waals surface area contributed by atoms with E-state index in [9.17, 15) is 44.0 Å². The molecule has 1 aromatic heterocycles. The maximum absolute atomic E-state index is 12.2. The minimum absolute atomic E-state index is 0.357. The summed E-state index contributed by atoms with van der Waals surface area (Å²) in [5, 5.41) is 19.3. The molecule has 0 aliphatic heterocycles. The van der Waals surface area contributed by atoms with Crippen LogP contribution in [-0.4, -0.2) is 59.0 Å². The average Bonchev–Trinajstić information content (AvgIpc) is 2.80. The topological polar surface area (TPSA) is 259 Å². The minimum atomic E-state index is -5.20. The van der Waals surface area contributed by atoms with E-state index in [2.05, 4.69) is 30.5 Å². The molecule has 40 heavy (non-hydrogen) atoms. The summed E-state index contributed by atoms with van der Waals surface area (Å²) in [5.74, 6) is -1.39. The smallest absolute Gasteiger partial charge is 0.296 e. The van der Waals surface area contributed by atoms with E-state index in [1.165, 1.54) is 12.1 Å². The van der Waals surface area contributed by atoms with Crippen LogP contribution in [0.2, 0.25) is 10.6 Å². The summed E-state index contributed by atoms with van der Waals surface area (Å²) < 4.78 is 100. The zero-order chi connectivity index (χ0) is 29.6. The number of azo groups is 1. The molecule has 0 amide bonds. The zero-order valence-electron chi connectivity index (χ0n) is 19.0. The molecular formula is C19H12Cl2N6O10S3. The quantitative estimate of drug-likeness (QED) is 0.140. The first-order valence-corrected chi connectivity index (χ1v) is 15.1. The number of fused-ring (bicyclic) bond motifs is 1. The van der Waals surface area contributed by atoms with Crippen LogP contribution in [0.5, 0.6) is 5.75 Å². The molecular weight excluding hydrogens is 639 g/mol. The van der Waals surface area contributed by atoms with Crippen LogP contribution in [0.25, 0.3) is 10.8 Å². The summed E-state index contributed by atoms with van der Waals surface area (Å²) in [4.78, 5) is 8.44. The molecule has 0 saturated heterocycles. The van der Waals surface area contributed by atoms with E-state index in [1.54, 1.807) is 0 Å². The third-order valence-electron chi connectivity index (χ3n) is 4.93. The van der Waals surface area contributed by atoms with Gasteiger partial charge in [0.05, 0.1) is 10.6 Å². The SMILES string of the molecule is O=S(=O)(O)c1cc(Nc2nc(Cl)nc(Cl)n2)c2c(O)c(/N=N/c3ccccc3S(=O)(=O)O)c(S(=O)(=O)O)cc2c1. The molecule has 0 aliphatic rings. The number of nitrogens with one attached hydrogen (secondary N) is 1. The van der Waals surface area contributed by atoms with E-state index in [0.29, 0.717) is 6.07 Å². The van der Waals surface area contributed by atoms with Crippen LogP contribution in [-0.2, 0) is 30.4 Å². The first-order valence-electron chi connectivity index (χ1n) is 10.1. The van der Waals surface area contributed by atoms with E-state index in [0.717, 1.165) is 24.3 Å². The van der Waals surface area contributed by atoms with Crippen LogP contribution < -0.4 is 5.32 Å². The number of halogens is 2. The summed E-state index contributed by atoms with van der Waals surface area (Å²) in [6.45, 7) is 0. The Bertz CT molecular complexity index is 2040. The lowest BCUT2D eigenvalue weighted by Gasteiger charge is -2.15. The van der Waals surface area contributed by atoms with Gasteiger partial charge >= 0.3 is 0 Å². The standard InChI is InChI=1S/C19H12Cl2N6O10S3/c20-17-23-18(21)25-19(24-17)22-11-7-9(38(29,30)31)5-8-6-13(40(35,36)37)15(16(28)14(8)11)27-26-10-3-1-2-4-12(10)39(32,33)34/h1-7,28H,(H,29,30,31)(H,32,33,34)(H,35,36,37)(H,22,23,24,25)/b27-26+. The van der Waals surface area contributed by atoms with Gasteiger partial charge in [0.15, 0.2) is 5.75 Å². The molecule has 4 aromatic rings. The number of hydrogen-bond donors (Lipinski definition) is 5. The van der Waals surface area contributed by atoms with Gasteiger partial charge in [-0.1, -0.05) is 12.1 Å². The molecule has 4 rings (SSSR count). The highest BCUT2D eigenvalue weighted by molar-refractivity contribution is 7.86. The van der Waals surface area contributed by atoms with Crippen LogP contribution in [0, 0.1) is 0 Å². The number of nitrogens with zero attached hydrogens (tertiary/aromatic N) is 5. The summed E-state index contributed by atoms with van der Waals surface area (Å²) in [5.41, 5.74) is -1.76. The fraction of sp³-hybridized carbons (Fsp3) is 0. The number of hydrogen-bond acceptors (Lipinski definition) is 13. The average molecular weight is 651 g/mol. The molecule has 5 N–H and O–H groups in total. The van der Waals surface area contributed by atoms with Gasteiger partial charge in [0.1, 0.15) is 21.2 Å². The Hall–Kier alpha value is -3.56. The van der Waals surface area contributed by atoms with Gasteiger partial charge in [0, 0.05) is 5.39 Å². The van der Waals surface area contributed by atoms with Gasteiger partial charge < -0.3 is 10.4 Å². The molecule has 0 radical (unpaired) electrons. The predicted octanol–water partition coefficient (Wildman–Crippen LogP) is 3.94. The molecule has 3 aromatic carbocycles. The summed E-state index contributed by atoms with van der Waals surface area (Å²) >= 11 is 11.5. The Morgan fingerprint density at radius 1 is 0.750 bits per heavy atom. The van der Waals surface area contributed by atoms with Gasteiger partial charge in [-0.2, -0.15) is 40.2 Å². The van der Waals surface area contributed by atoms with Crippen molar-refractivity contribution in [2.45, 2.75) is 14.7 Å². The fourth-order valence-corrected chi connectivity index (χ4v) is 5.55. The van der Waals surface area contributed by atoms with E-state index in [-0.39, 0.29) is 33.0 Å². The highest BCUT2D eigenvalue weighted by atomic mass is 35.5. The number of rotatable bonds is 7. The number of aromatic nitrogens is 3. The van der Waals surface area contributed by atoms with Crippen molar-refractivity contribution in [3.05, 3.63) is 53.0 Å². The Labute approximate surface area is 234 Å². The molecule has 210 valence electrons. The van der Waals surface area contributed by atoms with Crippen molar-refractivity contribution in [1.29, 1.82) is 0 Å². The van der Waals surface area contributed by atoms with Crippen molar-refractivity contribution >= 4 is 87.3 Å². The lowest BCUT2D eigenvalue weighted by atomic mass is 10.1. The van der Waals surface area contributed by atoms with Crippen molar-refractivity contribution in [3.63, 3.8) is 0 Å². The predicted molar refractivity (Wildman–Crippen MR) is 139 cm³/mol. The Kier molecular flexibility index (Phi) is 7.68. The third kappa shape index (κ3) is 6.26. The van der Waals surface area contributed by atoms with Crippen LogP contribution in [0.4, 0.5) is 23.0 Å². The molecule has 0 aliphatic carbocycles. The molecule has 0 fully saturated rings. The fourth-order valence-electron chi connectivity index (χ4n) is 3.36. The molecule has 0 spiro atoms. The van der Waals surface area contributed by atoms with Gasteiger partial charge in [-0.05, 0) is 58.9 Å². The number of aromatic hydroxyl groups is 1. The van der Waals surface area contributed by atoms with Crippen LogP contribution in [0.15, 0.2) is 67.4 Å². The van der Waals surface area contributed by atoms with Crippen molar-refractivity contribution in [2.75, 3.05) is 5.32 Å². The van der Waals surface area contributed by atoms with Gasteiger partial charge in [0.2, 0.25) is 16.5 Å². The van der Waals surface area contributed by atoms with Crippen molar-refractivity contribution < 1.29 is 44.0 Å².